The second-order valence-corrected chi connectivity index (χ2v) is 8.65. The molecule has 7 heteroatoms. The molecule has 4 aromatic rings. The summed E-state index contributed by atoms with van der Waals surface area (Å²) in [6, 6.07) is 32.5. The van der Waals surface area contributed by atoms with Gasteiger partial charge in [-0.05, 0) is 59.5 Å². The smallest absolute Gasteiger partial charge is 0.345 e. The minimum atomic E-state index is -0.893. The van der Waals surface area contributed by atoms with Gasteiger partial charge in [-0.15, -0.1) is 0 Å². The molecule has 38 heavy (non-hydrogen) atoms. The third kappa shape index (κ3) is 7.62. The van der Waals surface area contributed by atoms with Crippen molar-refractivity contribution in [3.8, 4) is 22.6 Å². The number of hydrogen-bond acceptors (Lipinski definition) is 6. The molecule has 4 rings (SSSR count). The van der Waals surface area contributed by atoms with Crippen molar-refractivity contribution in [2.75, 3.05) is 0 Å². The lowest BCUT2D eigenvalue weighted by Gasteiger charge is -2.17. The van der Waals surface area contributed by atoms with Gasteiger partial charge in [0.2, 0.25) is 5.91 Å². The lowest BCUT2D eigenvalue weighted by Crippen LogP contribution is -2.39. The number of hydrogen-bond donors (Lipinski definition) is 2. The van der Waals surface area contributed by atoms with Crippen LogP contribution < -0.4 is 15.8 Å². The molecule has 0 heterocycles. The molecule has 0 fully saturated rings. The Morgan fingerprint density at radius 1 is 0.711 bits per heavy atom. The Labute approximate surface area is 221 Å². The van der Waals surface area contributed by atoms with Crippen LogP contribution in [0.25, 0.3) is 11.1 Å². The van der Waals surface area contributed by atoms with Crippen LogP contribution in [0.1, 0.15) is 28.8 Å². The highest BCUT2D eigenvalue weighted by Gasteiger charge is 2.24. The summed E-state index contributed by atoms with van der Waals surface area (Å²) in [7, 11) is 0. The molecular weight excluding hydrogens is 480 g/mol. The average Bonchev–Trinajstić information content (AvgIpc) is 2.95. The maximum absolute atomic E-state index is 12.8. The first-order chi connectivity index (χ1) is 18.5. The van der Waals surface area contributed by atoms with Crippen LogP contribution in [0.15, 0.2) is 109 Å². The highest BCUT2D eigenvalue weighted by molar-refractivity contribution is 5.98. The Morgan fingerprint density at radius 2 is 1.29 bits per heavy atom. The first-order valence-electron chi connectivity index (χ1n) is 12.2. The van der Waals surface area contributed by atoms with Crippen molar-refractivity contribution in [1.29, 1.82) is 0 Å². The van der Waals surface area contributed by atoms with Crippen LogP contribution in [0.2, 0.25) is 0 Å². The van der Waals surface area contributed by atoms with Gasteiger partial charge in [-0.25, -0.2) is 9.59 Å². The summed E-state index contributed by atoms with van der Waals surface area (Å²) in [5.74, 6) is -0.675. The summed E-state index contributed by atoms with van der Waals surface area (Å²) in [6.45, 7) is 0.310. The quantitative estimate of drug-likeness (QED) is 0.212. The minimum Gasteiger partial charge on any atom is -0.457 e. The molecule has 0 aliphatic rings. The van der Waals surface area contributed by atoms with Crippen LogP contribution in [0.3, 0.4) is 0 Å². The Hall–Kier alpha value is -4.75. The minimum absolute atomic E-state index is 0.0312. The van der Waals surface area contributed by atoms with Crippen LogP contribution in [-0.4, -0.2) is 23.9 Å². The predicted molar refractivity (Wildman–Crippen MR) is 144 cm³/mol. The summed E-state index contributed by atoms with van der Waals surface area (Å²) in [5, 5.41) is 3.07. The van der Waals surface area contributed by atoms with Crippen LogP contribution >= 0.6 is 0 Å². The molecule has 4 aromatic carbocycles. The van der Waals surface area contributed by atoms with Crippen molar-refractivity contribution in [2.24, 2.45) is 5.73 Å². The zero-order valence-corrected chi connectivity index (χ0v) is 20.7. The SMILES string of the molecule is NC(=O)CC[C@H](NCc1ccc(Oc2ccccc2)cc1)C(=O)OC(=O)c1ccc(-c2ccccc2)cc1. The number of ether oxygens (including phenoxy) is 2. The van der Waals surface area contributed by atoms with E-state index in [2.05, 4.69) is 5.32 Å². The number of benzene rings is 4. The number of para-hydroxylation sites is 1. The molecule has 1 amide bonds. The molecule has 0 saturated heterocycles. The lowest BCUT2D eigenvalue weighted by atomic mass is 10.0. The summed E-state index contributed by atoms with van der Waals surface area (Å²) in [6.07, 6.45) is 0.0696. The third-order valence-corrected chi connectivity index (χ3v) is 5.84. The molecule has 0 aliphatic carbocycles. The fourth-order valence-corrected chi connectivity index (χ4v) is 3.78. The number of amides is 1. The topological polar surface area (TPSA) is 108 Å². The largest absolute Gasteiger partial charge is 0.457 e. The number of nitrogens with two attached hydrogens (primary N) is 1. The fraction of sp³-hybridized carbons (Fsp3) is 0.129. The molecule has 0 aromatic heterocycles. The van der Waals surface area contributed by atoms with E-state index in [1.165, 1.54) is 0 Å². The molecule has 1 atom stereocenters. The number of esters is 2. The van der Waals surface area contributed by atoms with Gasteiger partial charge in [0.25, 0.3) is 0 Å². The van der Waals surface area contributed by atoms with Crippen molar-refractivity contribution < 1.29 is 23.9 Å². The van der Waals surface area contributed by atoms with Gasteiger partial charge in [0, 0.05) is 13.0 Å². The number of carbonyl (C=O) groups is 3. The van der Waals surface area contributed by atoms with E-state index in [1.54, 1.807) is 24.3 Å². The van der Waals surface area contributed by atoms with E-state index in [1.807, 2.05) is 84.9 Å². The average molecular weight is 509 g/mol. The first-order valence-corrected chi connectivity index (χ1v) is 12.2. The summed E-state index contributed by atoms with van der Waals surface area (Å²) in [4.78, 5) is 36.8. The van der Waals surface area contributed by atoms with Gasteiger partial charge >= 0.3 is 11.9 Å². The van der Waals surface area contributed by atoms with Gasteiger partial charge in [-0.2, -0.15) is 0 Å². The van der Waals surface area contributed by atoms with Gasteiger partial charge in [-0.1, -0.05) is 72.8 Å². The van der Waals surface area contributed by atoms with E-state index in [4.69, 9.17) is 15.2 Å². The molecular formula is C31H28N2O5. The van der Waals surface area contributed by atoms with Gasteiger partial charge in [-0.3, -0.25) is 4.79 Å². The van der Waals surface area contributed by atoms with Gasteiger partial charge in [0.05, 0.1) is 5.56 Å². The highest BCUT2D eigenvalue weighted by Crippen LogP contribution is 2.22. The summed E-state index contributed by atoms with van der Waals surface area (Å²) >= 11 is 0. The van der Waals surface area contributed by atoms with Crippen molar-refractivity contribution >= 4 is 17.8 Å². The molecule has 7 nitrogen and oxygen atoms in total. The van der Waals surface area contributed by atoms with Crippen LogP contribution in [-0.2, 0) is 20.9 Å². The monoisotopic (exact) mass is 508 g/mol. The fourth-order valence-electron chi connectivity index (χ4n) is 3.78. The molecule has 0 radical (unpaired) electrons. The Bertz CT molecular complexity index is 1360. The zero-order valence-electron chi connectivity index (χ0n) is 20.7. The Morgan fingerprint density at radius 3 is 1.92 bits per heavy atom. The van der Waals surface area contributed by atoms with E-state index in [9.17, 15) is 14.4 Å². The molecule has 0 aliphatic heterocycles. The lowest BCUT2D eigenvalue weighted by molar-refractivity contribution is -0.140. The summed E-state index contributed by atoms with van der Waals surface area (Å²) in [5.41, 5.74) is 8.37. The Balaban J connectivity index is 1.35. The standard InChI is InChI=1S/C31H28N2O5/c32-29(34)20-19-28(33-21-22-11-17-27(18-12-22)37-26-9-5-2-6-10-26)31(36)38-30(35)25-15-13-24(14-16-25)23-7-3-1-4-8-23/h1-18,28,33H,19-21H2,(H2,32,34)/t28-/m0/s1. The first kappa shape index (κ1) is 26.3. The van der Waals surface area contributed by atoms with E-state index in [0.717, 1.165) is 22.4 Å². The van der Waals surface area contributed by atoms with Crippen LogP contribution in [0, 0.1) is 0 Å². The van der Waals surface area contributed by atoms with E-state index in [-0.39, 0.29) is 18.4 Å². The van der Waals surface area contributed by atoms with Crippen molar-refractivity contribution in [2.45, 2.75) is 25.4 Å². The van der Waals surface area contributed by atoms with E-state index < -0.39 is 23.9 Å². The van der Waals surface area contributed by atoms with Crippen LogP contribution in [0.5, 0.6) is 11.5 Å². The number of nitrogens with one attached hydrogen (secondary N) is 1. The van der Waals surface area contributed by atoms with Crippen molar-refractivity contribution in [1.82, 2.24) is 5.32 Å². The molecule has 0 saturated carbocycles. The maximum Gasteiger partial charge on any atom is 0.345 e. The highest BCUT2D eigenvalue weighted by atomic mass is 16.6. The second kappa shape index (κ2) is 13.0. The summed E-state index contributed by atoms with van der Waals surface area (Å²) < 4.78 is 10.9. The molecule has 3 N–H and O–H groups in total. The molecule has 0 spiro atoms. The predicted octanol–water partition coefficient (Wildman–Crippen LogP) is 5.25. The van der Waals surface area contributed by atoms with Crippen LogP contribution in [0.4, 0.5) is 0 Å². The number of carbonyl (C=O) groups excluding carboxylic acids is 3. The van der Waals surface area contributed by atoms with Gasteiger partial charge < -0.3 is 20.5 Å². The zero-order chi connectivity index (χ0) is 26.7. The number of primary amides is 1. The molecule has 0 bridgehead atoms. The van der Waals surface area contributed by atoms with Crippen molar-refractivity contribution in [3.63, 3.8) is 0 Å². The molecule has 192 valence electrons. The maximum atomic E-state index is 12.8. The molecule has 0 unspecified atom stereocenters. The van der Waals surface area contributed by atoms with Crippen molar-refractivity contribution in [3.05, 3.63) is 120 Å². The second-order valence-electron chi connectivity index (χ2n) is 8.65. The normalized spacial score (nSPS) is 11.4. The number of rotatable bonds is 11. The van der Waals surface area contributed by atoms with E-state index in [0.29, 0.717) is 12.3 Å². The van der Waals surface area contributed by atoms with E-state index >= 15 is 0 Å². The Kier molecular flexibility index (Phi) is 8.99. The van der Waals surface area contributed by atoms with Gasteiger partial charge in [0.1, 0.15) is 17.5 Å². The van der Waals surface area contributed by atoms with Gasteiger partial charge in [0.15, 0.2) is 0 Å². The third-order valence-electron chi connectivity index (χ3n) is 5.84.